The maximum atomic E-state index is 12.6. The number of fused-ring (bicyclic) bond motifs is 1. The molecule has 1 aliphatic carbocycles. The quantitative estimate of drug-likeness (QED) is 0.751. The fourth-order valence-electron chi connectivity index (χ4n) is 2.98. The van der Waals surface area contributed by atoms with Gasteiger partial charge < -0.3 is 5.32 Å². The van der Waals surface area contributed by atoms with Gasteiger partial charge in [-0.25, -0.2) is 9.50 Å². The van der Waals surface area contributed by atoms with Crippen LogP contribution in [0.15, 0.2) is 23.0 Å². The second kappa shape index (κ2) is 5.58. The summed E-state index contributed by atoms with van der Waals surface area (Å²) in [5.41, 5.74) is 3.20. The zero-order chi connectivity index (χ0) is 17.7. The first-order valence-corrected chi connectivity index (χ1v) is 8.36. The average molecular weight is 340 g/mol. The Bertz CT molecular complexity index is 1020. The minimum atomic E-state index is -0.389. The smallest absolute Gasteiger partial charge is 0.272 e. The molecule has 0 aliphatic heterocycles. The van der Waals surface area contributed by atoms with Crippen LogP contribution < -0.4 is 10.9 Å². The molecular weight excluding hydrogens is 320 g/mol. The van der Waals surface area contributed by atoms with Gasteiger partial charge in [-0.2, -0.15) is 5.10 Å². The fraction of sp³-hybridized carbons (Fsp3) is 0.412. The summed E-state index contributed by atoms with van der Waals surface area (Å²) in [6.45, 7) is 3.67. The molecule has 2 N–H and O–H groups in total. The predicted octanol–water partition coefficient (Wildman–Crippen LogP) is 1.43. The Balaban J connectivity index is 1.58. The number of aromatic nitrogens is 5. The number of nitrogens with one attached hydrogen (secondary N) is 2. The molecule has 0 bridgehead atoms. The van der Waals surface area contributed by atoms with Crippen LogP contribution in [0.2, 0.25) is 0 Å². The van der Waals surface area contributed by atoms with Crippen LogP contribution in [-0.2, 0) is 7.05 Å². The van der Waals surface area contributed by atoms with E-state index in [-0.39, 0.29) is 17.5 Å². The molecule has 1 saturated carbocycles. The van der Waals surface area contributed by atoms with Crippen molar-refractivity contribution in [1.29, 1.82) is 0 Å². The van der Waals surface area contributed by atoms with Gasteiger partial charge in [0.15, 0.2) is 5.65 Å². The first-order valence-electron chi connectivity index (χ1n) is 8.36. The number of aromatic amines is 1. The van der Waals surface area contributed by atoms with Crippen LogP contribution in [0.4, 0.5) is 0 Å². The summed E-state index contributed by atoms with van der Waals surface area (Å²) in [4.78, 5) is 29.2. The van der Waals surface area contributed by atoms with Crippen molar-refractivity contribution in [2.24, 2.45) is 7.05 Å². The van der Waals surface area contributed by atoms with Gasteiger partial charge in [0, 0.05) is 30.8 Å². The molecule has 0 saturated heterocycles. The van der Waals surface area contributed by atoms with E-state index in [4.69, 9.17) is 0 Å². The Morgan fingerprint density at radius 1 is 1.36 bits per heavy atom. The molecule has 8 nitrogen and oxygen atoms in total. The highest BCUT2D eigenvalue weighted by Gasteiger charge is 2.28. The number of H-pyrrole nitrogens is 1. The van der Waals surface area contributed by atoms with Gasteiger partial charge in [0.25, 0.3) is 11.5 Å². The van der Waals surface area contributed by atoms with Crippen LogP contribution in [0.5, 0.6) is 0 Å². The van der Waals surface area contributed by atoms with Crippen LogP contribution in [0.1, 0.15) is 59.3 Å². The van der Waals surface area contributed by atoms with E-state index in [1.54, 1.807) is 17.8 Å². The normalized spacial score (nSPS) is 15.5. The van der Waals surface area contributed by atoms with Gasteiger partial charge in [-0.1, -0.05) is 0 Å². The Hall–Kier alpha value is -2.90. The predicted molar refractivity (Wildman–Crippen MR) is 91.6 cm³/mol. The van der Waals surface area contributed by atoms with E-state index in [0.717, 1.165) is 24.2 Å². The molecule has 0 spiro atoms. The third-order valence-electron chi connectivity index (χ3n) is 4.52. The number of hydrogen-bond donors (Lipinski definition) is 2. The van der Waals surface area contributed by atoms with Crippen molar-refractivity contribution in [3.05, 3.63) is 51.3 Å². The minimum Gasteiger partial charge on any atom is -0.343 e. The van der Waals surface area contributed by atoms with Crippen molar-refractivity contribution < 1.29 is 4.79 Å². The zero-order valence-corrected chi connectivity index (χ0v) is 14.4. The van der Waals surface area contributed by atoms with E-state index in [1.165, 1.54) is 10.6 Å². The molecule has 1 aliphatic rings. The topological polar surface area (TPSA) is 97.1 Å². The molecule has 8 heteroatoms. The van der Waals surface area contributed by atoms with Crippen LogP contribution >= 0.6 is 0 Å². The van der Waals surface area contributed by atoms with Crippen LogP contribution in [0.25, 0.3) is 5.65 Å². The first kappa shape index (κ1) is 15.6. The van der Waals surface area contributed by atoms with E-state index in [9.17, 15) is 9.59 Å². The molecule has 3 aromatic rings. The van der Waals surface area contributed by atoms with Crippen molar-refractivity contribution in [2.75, 3.05) is 0 Å². The largest absolute Gasteiger partial charge is 0.343 e. The summed E-state index contributed by atoms with van der Waals surface area (Å²) >= 11 is 0. The van der Waals surface area contributed by atoms with E-state index in [2.05, 4.69) is 20.5 Å². The lowest BCUT2D eigenvalue weighted by molar-refractivity contribution is 0.0929. The first-order chi connectivity index (χ1) is 11.9. The maximum absolute atomic E-state index is 12.6. The molecule has 3 heterocycles. The molecule has 1 atom stereocenters. The molecule has 1 amide bonds. The van der Waals surface area contributed by atoms with Crippen molar-refractivity contribution in [2.45, 2.75) is 38.6 Å². The number of nitrogens with zero attached hydrogens (tertiary/aromatic N) is 4. The molecular formula is C17H20N6O2. The molecule has 0 aromatic carbocycles. The monoisotopic (exact) mass is 340 g/mol. The highest BCUT2D eigenvalue weighted by molar-refractivity contribution is 5.93. The Morgan fingerprint density at radius 3 is 2.84 bits per heavy atom. The number of carbonyl (C=O) groups excluding carboxylic acids is 1. The number of hydrogen-bond acceptors (Lipinski definition) is 4. The van der Waals surface area contributed by atoms with Gasteiger partial charge in [-0.15, -0.1) is 0 Å². The van der Waals surface area contributed by atoms with Gasteiger partial charge >= 0.3 is 0 Å². The van der Waals surface area contributed by atoms with Gasteiger partial charge in [0.1, 0.15) is 5.69 Å². The summed E-state index contributed by atoms with van der Waals surface area (Å²) < 4.78 is 2.99. The molecule has 1 unspecified atom stereocenters. The lowest BCUT2D eigenvalue weighted by atomic mass is 10.2. The number of amides is 1. The van der Waals surface area contributed by atoms with Crippen LogP contribution in [-0.4, -0.2) is 30.3 Å². The Morgan fingerprint density at radius 2 is 2.12 bits per heavy atom. The molecule has 0 radical (unpaired) electrons. The molecule has 25 heavy (non-hydrogen) atoms. The van der Waals surface area contributed by atoms with Crippen molar-refractivity contribution >= 4 is 11.6 Å². The second-order valence-electron chi connectivity index (χ2n) is 6.70. The van der Waals surface area contributed by atoms with E-state index in [1.807, 2.05) is 19.9 Å². The van der Waals surface area contributed by atoms with Crippen LogP contribution in [0.3, 0.4) is 0 Å². The van der Waals surface area contributed by atoms with Gasteiger partial charge in [-0.3, -0.25) is 19.4 Å². The fourth-order valence-corrected chi connectivity index (χ4v) is 2.98. The highest BCUT2D eigenvalue weighted by Crippen LogP contribution is 2.39. The van der Waals surface area contributed by atoms with E-state index >= 15 is 0 Å². The molecule has 130 valence electrons. The lowest BCUT2D eigenvalue weighted by Crippen LogP contribution is -2.30. The zero-order valence-electron chi connectivity index (χ0n) is 14.4. The Kier molecular flexibility index (Phi) is 3.48. The summed E-state index contributed by atoms with van der Waals surface area (Å²) in [5, 5.41) is 10.2. The van der Waals surface area contributed by atoms with E-state index < -0.39 is 0 Å². The number of aryl methyl sites for hydroxylation is 2. The van der Waals surface area contributed by atoms with Gasteiger partial charge in [0.05, 0.1) is 17.4 Å². The second-order valence-corrected chi connectivity index (χ2v) is 6.70. The summed E-state index contributed by atoms with van der Waals surface area (Å²) in [6.07, 6.45) is 2.27. The standard InChI is InChI=1S/C17H20N6O2/c1-9-6-15-19-12(8-16(24)23(15)20-9)10(2)18-17(25)14-7-13(11-4-5-11)21-22(14)3/h6-8,10-11,20H,4-5H2,1-3H3,(H,18,25). The summed E-state index contributed by atoms with van der Waals surface area (Å²) in [7, 11) is 1.77. The van der Waals surface area contributed by atoms with Crippen molar-refractivity contribution in [3.8, 4) is 0 Å². The number of carbonyl (C=O) groups is 1. The summed E-state index contributed by atoms with van der Waals surface area (Å²) in [5.74, 6) is 0.271. The SMILES string of the molecule is Cc1cc2nc(C(C)NC(=O)c3cc(C4CC4)nn3C)cc(=O)n2[nH]1. The van der Waals surface area contributed by atoms with Crippen LogP contribution in [0, 0.1) is 6.92 Å². The highest BCUT2D eigenvalue weighted by atomic mass is 16.2. The van der Waals surface area contributed by atoms with Gasteiger partial charge in [-0.05, 0) is 32.8 Å². The van der Waals surface area contributed by atoms with Gasteiger partial charge in [0.2, 0.25) is 0 Å². The third kappa shape index (κ3) is 2.84. The van der Waals surface area contributed by atoms with E-state index in [0.29, 0.717) is 23.0 Å². The molecule has 3 aromatic heterocycles. The molecule has 4 rings (SSSR count). The van der Waals surface area contributed by atoms with Crippen molar-refractivity contribution in [1.82, 2.24) is 29.7 Å². The van der Waals surface area contributed by atoms with Crippen molar-refractivity contribution in [3.63, 3.8) is 0 Å². The Labute approximate surface area is 143 Å². The average Bonchev–Trinajstić information content (AvgIpc) is 3.22. The molecule has 1 fully saturated rings. The number of rotatable bonds is 4. The lowest BCUT2D eigenvalue weighted by Gasteiger charge is -2.13. The summed E-state index contributed by atoms with van der Waals surface area (Å²) in [6, 6.07) is 4.69. The third-order valence-corrected chi connectivity index (χ3v) is 4.52. The minimum absolute atomic E-state index is 0.203. The maximum Gasteiger partial charge on any atom is 0.272 e.